The number of rotatable bonds is 5. The van der Waals surface area contributed by atoms with Crippen LogP contribution in [0.1, 0.15) is 32.3 Å². The maximum atomic E-state index is 12.8. The van der Waals surface area contributed by atoms with E-state index >= 15 is 0 Å². The molecule has 1 aromatic carbocycles. The number of aryl methyl sites for hydroxylation is 1. The molecule has 116 valence electrons. The van der Waals surface area contributed by atoms with Crippen molar-refractivity contribution < 1.29 is 8.42 Å². The molecule has 1 aromatic rings. The van der Waals surface area contributed by atoms with Crippen LogP contribution < -0.4 is 0 Å². The van der Waals surface area contributed by atoms with Crippen LogP contribution in [-0.2, 0) is 10.0 Å². The molecule has 1 fully saturated rings. The molecule has 0 bridgehead atoms. The summed E-state index contributed by atoms with van der Waals surface area (Å²) in [6.45, 7) is 7.24. The van der Waals surface area contributed by atoms with E-state index in [9.17, 15) is 8.42 Å². The van der Waals surface area contributed by atoms with E-state index < -0.39 is 10.0 Å². The van der Waals surface area contributed by atoms with Crippen LogP contribution in [0.15, 0.2) is 29.2 Å². The molecule has 1 unspecified atom stereocenters. The highest BCUT2D eigenvalue weighted by molar-refractivity contribution is 7.89. The molecule has 5 nitrogen and oxygen atoms in total. The summed E-state index contributed by atoms with van der Waals surface area (Å²) in [7, 11) is -3.65. The summed E-state index contributed by atoms with van der Waals surface area (Å²) in [6.07, 6.45) is 1.60. The Bertz CT molecular complexity index is 610. The highest BCUT2D eigenvalue weighted by Gasteiger charge is 2.41. The van der Waals surface area contributed by atoms with Crippen LogP contribution in [0.25, 0.3) is 0 Å². The van der Waals surface area contributed by atoms with E-state index in [1.54, 1.807) is 24.3 Å². The molecule has 2 rings (SSSR count). The van der Waals surface area contributed by atoms with Gasteiger partial charge < -0.3 is 4.90 Å². The predicted molar refractivity (Wildman–Crippen MR) is 83.9 cm³/mol. The van der Waals surface area contributed by atoms with Crippen molar-refractivity contribution >= 4 is 16.0 Å². The zero-order chi connectivity index (χ0) is 15.6. The van der Waals surface area contributed by atoms with E-state index in [4.69, 9.17) is 5.41 Å². The van der Waals surface area contributed by atoms with E-state index in [0.29, 0.717) is 13.0 Å². The first-order valence-electron chi connectivity index (χ1n) is 7.36. The molecule has 0 spiro atoms. The molecule has 0 aliphatic carbocycles. The molecule has 1 N–H and O–H groups in total. The van der Waals surface area contributed by atoms with Gasteiger partial charge in [-0.25, -0.2) is 12.7 Å². The maximum absolute atomic E-state index is 12.8. The Balaban J connectivity index is 2.37. The fourth-order valence-electron chi connectivity index (χ4n) is 2.62. The quantitative estimate of drug-likeness (QED) is 0.908. The number of hydrogen-bond donors (Lipinski definition) is 1. The zero-order valence-corrected chi connectivity index (χ0v) is 13.7. The minimum atomic E-state index is -3.65. The Labute approximate surface area is 127 Å². The summed E-state index contributed by atoms with van der Waals surface area (Å²) in [5, 5.41) is 8.22. The lowest BCUT2D eigenvalue weighted by molar-refractivity contribution is 0.404. The Morgan fingerprint density at radius 3 is 2.38 bits per heavy atom. The molecule has 1 atom stereocenters. The molecular weight excluding hydrogens is 286 g/mol. The van der Waals surface area contributed by atoms with Crippen LogP contribution in [0.4, 0.5) is 0 Å². The normalized spacial score (nSPS) is 19.4. The van der Waals surface area contributed by atoms with Gasteiger partial charge in [-0.15, -0.1) is 0 Å². The van der Waals surface area contributed by atoms with Crippen molar-refractivity contribution in [1.82, 2.24) is 9.21 Å². The molecule has 0 aromatic heterocycles. The van der Waals surface area contributed by atoms with Gasteiger partial charge in [0.2, 0.25) is 5.96 Å². The highest BCUT2D eigenvalue weighted by atomic mass is 32.2. The van der Waals surface area contributed by atoms with Gasteiger partial charge in [-0.05, 0) is 31.9 Å². The average Bonchev–Trinajstić information content (AvgIpc) is 2.77. The van der Waals surface area contributed by atoms with Gasteiger partial charge in [0.1, 0.15) is 0 Å². The third-order valence-corrected chi connectivity index (χ3v) is 5.67. The smallest absolute Gasteiger partial charge is 0.266 e. The first-order chi connectivity index (χ1) is 9.91. The summed E-state index contributed by atoms with van der Waals surface area (Å²) in [5.41, 5.74) is 1.02. The molecule has 0 amide bonds. The van der Waals surface area contributed by atoms with Gasteiger partial charge in [-0.2, -0.15) is 0 Å². The van der Waals surface area contributed by atoms with Crippen LogP contribution in [0.3, 0.4) is 0 Å². The predicted octanol–water partition coefficient (Wildman–Crippen LogP) is 2.42. The molecule has 0 radical (unpaired) electrons. The van der Waals surface area contributed by atoms with E-state index in [1.165, 1.54) is 4.31 Å². The average molecular weight is 309 g/mol. The molecule has 0 saturated carbocycles. The lowest BCUT2D eigenvalue weighted by Crippen LogP contribution is -2.40. The second kappa shape index (κ2) is 6.05. The van der Waals surface area contributed by atoms with E-state index in [-0.39, 0.29) is 16.9 Å². The Hall–Kier alpha value is -1.56. The number of nitrogens with zero attached hydrogens (tertiary/aromatic N) is 2. The van der Waals surface area contributed by atoms with Gasteiger partial charge in [0.15, 0.2) is 0 Å². The van der Waals surface area contributed by atoms with Crippen LogP contribution in [0, 0.1) is 12.3 Å². The Kier molecular flexibility index (Phi) is 4.56. The Morgan fingerprint density at radius 2 is 1.86 bits per heavy atom. The number of hydrogen-bond acceptors (Lipinski definition) is 3. The van der Waals surface area contributed by atoms with Crippen LogP contribution in [0.2, 0.25) is 0 Å². The van der Waals surface area contributed by atoms with Crippen LogP contribution in [-0.4, -0.2) is 42.7 Å². The minimum Gasteiger partial charge on any atom is -0.340 e. The van der Waals surface area contributed by atoms with E-state index in [0.717, 1.165) is 18.5 Å². The Morgan fingerprint density at radius 1 is 1.24 bits per heavy atom. The fourth-order valence-corrected chi connectivity index (χ4v) is 4.28. The van der Waals surface area contributed by atoms with Gasteiger partial charge in [0.25, 0.3) is 10.0 Å². The summed E-state index contributed by atoms with van der Waals surface area (Å²) in [6, 6.07) is 6.66. The van der Waals surface area contributed by atoms with Crippen molar-refractivity contribution in [3.05, 3.63) is 29.8 Å². The first kappa shape index (κ1) is 15.8. The van der Waals surface area contributed by atoms with Crippen molar-refractivity contribution in [2.45, 2.75) is 44.6 Å². The van der Waals surface area contributed by atoms with Gasteiger partial charge in [0, 0.05) is 13.1 Å². The summed E-state index contributed by atoms with van der Waals surface area (Å²) in [5.74, 6) is 0.101. The molecule has 1 heterocycles. The topological polar surface area (TPSA) is 64.5 Å². The maximum Gasteiger partial charge on any atom is 0.266 e. The van der Waals surface area contributed by atoms with Gasteiger partial charge in [0.05, 0.1) is 10.9 Å². The summed E-state index contributed by atoms with van der Waals surface area (Å²) < 4.78 is 27.0. The lowest BCUT2D eigenvalue weighted by atomic mass is 10.2. The van der Waals surface area contributed by atoms with Crippen molar-refractivity contribution in [3.63, 3.8) is 0 Å². The van der Waals surface area contributed by atoms with Crippen molar-refractivity contribution in [2.75, 3.05) is 13.1 Å². The molecule has 1 saturated heterocycles. The summed E-state index contributed by atoms with van der Waals surface area (Å²) in [4.78, 5) is 2.11. The third-order valence-electron chi connectivity index (χ3n) is 3.81. The van der Waals surface area contributed by atoms with E-state index in [2.05, 4.69) is 0 Å². The second-order valence-electron chi connectivity index (χ2n) is 5.45. The number of benzene rings is 1. The minimum absolute atomic E-state index is 0.101. The molecule has 6 heteroatoms. The summed E-state index contributed by atoms with van der Waals surface area (Å²) >= 11 is 0. The molecule has 21 heavy (non-hydrogen) atoms. The van der Waals surface area contributed by atoms with Gasteiger partial charge in [-0.3, -0.25) is 5.41 Å². The fraction of sp³-hybridized carbons (Fsp3) is 0.533. The number of nitrogens with one attached hydrogen (secondary N) is 1. The van der Waals surface area contributed by atoms with Crippen LogP contribution >= 0.6 is 0 Å². The lowest BCUT2D eigenvalue weighted by Gasteiger charge is -2.24. The SMILES string of the molecule is CCCN1CC(CC)N(S(=O)(=O)c2ccc(C)cc2)C1=N. The first-order valence-corrected chi connectivity index (χ1v) is 8.80. The van der Waals surface area contributed by atoms with Gasteiger partial charge >= 0.3 is 0 Å². The molecule has 1 aliphatic rings. The van der Waals surface area contributed by atoms with E-state index in [1.807, 2.05) is 25.7 Å². The number of sulfonamides is 1. The largest absolute Gasteiger partial charge is 0.340 e. The van der Waals surface area contributed by atoms with Crippen molar-refractivity contribution in [1.29, 1.82) is 5.41 Å². The zero-order valence-electron chi connectivity index (χ0n) is 12.8. The third kappa shape index (κ3) is 2.90. The van der Waals surface area contributed by atoms with Crippen molar-refractivity contribution in [3.8, 4) is 0 Å². The molecule has 1 aliphatic heterocycles. The highest BCUT2D eigenvalue weighted by Crippen LogP contribution is 2.26. The monoisotopic (exact) mass is 309 g/mol. The van der Waals surface area contributed by atoms with Crippen molar-refractivity contribution in [2.24, 2.45) is 0 Å². The van der Waals surface area contributed by atoms with Crippen LogP contribution in [0.5, 0.6) is 0 Å². The molecular formula is C15H23N3O2S. The standard InChI is InChI=1S/C15H23N3O2S/c1-4-10-17-11-13(5-2)18(15(17)16)21(19,20)14-8-6-12(3)7-9-14/h6-9,13,16H,4-5,10-11H2,1-3H3. The van der Waals surface area contributed by atoms with Gasteiger partial charge in [-0.1, -0.05) is 31.5 Å². The second-order valence-corrected chi connectivity index (χ2v) is 7.26. The number of guanidine groups is 1.